The van der Waals surface area contributed by atoms with Gasteiger partial charge in [-0.3, -0.25) is 0 Å². The SMILES string of the molecule is CC(C)=C(/C(C)=C(/C)Nc1ccccc1)c1ccccc1. The summed E-state index contributed by atoms with van der Waals surface area (Å²) in [6.07, 6.45) is 0. The zero-order chi connectivity index (χ0) is 15.2. The molecule has 0 aliphatic carbocycles. The van der Waals surface area contributed by atoms with Gasteiger partial charge in [0, 0.05) is 11.4 Å². The molecule has 0 spiro atoms. The van der Waals surface area contributed by atoms with Crippen LogP contribution in [-0.4, -0.2) is 0 Å². The van der Waals surface area contributed by atoms with Crippen LogP contribution in [0.1, 0.15) is 33.3 Å². The Labute approximate surface area is 128 Å². The number of anilines is 1. The lowest BCUT2D eigenvalue weighted by molar-refractivity contribution is 1.27. The zero-order valence-electron chi connectivity index (χ0n) is 13.3. The fourth-order valence-corrected chi connectivity index (χ4v) is 2.50. The molecule has 1 nitrogen and oxygen atoms in total. The standard InChI is InChI=1S/C20H23N/c1-15(2)20(18-11-7-5-8-12-18)16(3)17(4)21-19-13-9-6-10-14-19/h5-14,21H,1-4H3/b17-16-. The molecular formula is C20H23N. The van der Waals surface area contributed by atoms with Crippen LogP contribution in [-0.2, 0) is 0 Å². The first-order chi connectivity index (χ1) is 10.1. The highest BCUT2D eigenvalue weighted by atomic mass is 14.9. The first-order valence-corrected chi connectivity index (χ1v) is 7.32. The maximum Gasteiger partial charge on any atom is 0.0381 e. The number of benzene rings is 2. The van der Waals surface area contributed by atoms with Gasteiger partial charge in [-0.25, -0.2) is 0 Å². The van der Waals surface area contributed by atoms with Gasteiger partial charge in [0.25, 0.3) is 0 Å². The van der Waals surface area contributed by atoms with Gasteiger partial charge in [0.2, 0.25) is 0 Å². The van der Waals surface area contributed by atoms with Gasteiger partial charge >= 0.3 is 0 Å². The van der Waals surface area contributed by atoms with Gasteiger partial charge in [-0.15, -0.1) is 0 Å². The van der Waals surface area contributed by atoms with Gasteiger partial charge in [-0.05, 0) is 56.5 Å². The van der Waals surface area contributed by atoms with E-state index < -0.39 is 0 Å². The Bertz CT molecular complexity index is 645. The zero-order valence-corrected chi connectivity index (χ0v) is 13.3. The molecule has 0 aromatic heterocycles. The van der Waals surface area contributed by atoms with Crippen molar-refractivity contribution in [3.63, 3.8) is 0 Å². The van der Waals surface area contributed by atoms with E-state index in [1.807, 2.05) is 18.2 Å². The quantitative estimate of drug-likeness (QED) is 0.687. The fourth-order valence-electron chi connectivity index (χ4n) is 2.50. The van der Waals surface area contributed by atoms with Crippen molar-refractivity contribution in [2.45, 2.75) is 27.7 Å². The van der Waals surface area contributed by atoms with Crippen LogP contribution in [0.3, 0.4) is 0 Å². The molecule has 0 saturated heterocycles. The summed E-state index contributed by atoms with van der Waals surface area (Å²) < 4.78 is 0. The summed E-state index contributed by atoms with van der Waals surface area (Å²) in [5, 5.41) is 3.49. The molecule has 108 valence electrons. The van der Waals surface area contributed by atoms with Crippen LogP contribution in [0.25, 0.3) is 5.57 Å². The molecule has 0 aliphatic heterocycles. The van der Waals surface area contributed by atoms with E-state index in [0.717, 1.165) is 5.69 Å². The van der Waals surface area contributed by atoms with Gasteiger partial charge in [0.05, 0.1) is 0 Å². The summed E-state index contributed by atoms with van der Waals surface area (Å²) >= 11 is 0. The van der Waals surface area contributed by atoms with E-state index in [1.54, 1.807) is 0 Å². The molecule has 0 unspecified atom stereocenters. The van der Waals surface area contributed by atoms with Crippen LogP contribution in [0.4, 0.5) is 5.69 Å². The van der Waals surface area contributed by atoms with E-state index in [2.05, 4.69) is 75.5 Å². The number of allylic oxidation sites excluding steroid dienone is 4. The normalized spacial score (nSPS) is 11.6. The highest BCUT2D eigenvalue weighted by Gasteiger charge is 2.08. The summed E-state index contributed by atoms with van der Waals surface area (Å²) in [6.45, 7) is 8.65. The van der Waals surface area contributed by atoms with E-state index in [4.69, 9.17) is 0 Å². The van der Waals surface area contributed by atoms with Crippen molar-refractivity contribution >= 4 is 11.3 Å². The van der Waals surface area contributed by atoms with Crippen molar-refractivity contribution in [2.24, 2.45) is 0 Å². The molecule has 21 heavy (non-hydrogen) atoms. The highest BCUT2D eigenvalue weighted by Crippen LogP contribution is 2.28. The number of hydrogen-bond acceptors (Lipinski definition) is 1. The molecule has 0 radical (unpaired) electrons. The second kappa shape index (κ2) is 6.94. The Hall–Kier alpha value is -2.28. The van der Waals surface area contributed by atoms with Crippen molar-refractivity contribution < 1.29 is 0 Å². The minimum absolute atomic E-state index is 1.12. The molecule has 2 aromatic rings. The van der Waals surface area contributed by atoms with Crippen molar-refractivity contribution in [1.82, 2.24) is 0 Å². The highest BCUT2D eigenvalue weighted by molar-refractivity contribution is 5.81. The number of rotatable bonds is 4. The lowest BCUT2D eigenvalue weighted by Crippen LogP contribution is -2.01. The van der Waals surface area contributed by atoms with Gasteiger partial charge in [0.1, 0.15) is 0 Å². The number of para-hydroxylation sites is 1. The molecule has 0 heterocycles. The Morgan fingerprint density at radius 2 is 1.24 bits per heavy atom. The summed E-state index contributed by atoms with van der Waals surface area (Å²) in [7, 11) is 0. The minimum atomic E-state index is 1.12. The third kappa shape index (κ3) is 3.85. The smallest absolute Gasteiger partial charge is 0.0381 e. The average Bonchev–Trinajstić information content (AvgIpc) is 2.49. The second-order valence-corrected chi connectivity index (χ2v) is 5.48. The Morgan fingerprint density at radius 3 is 1.76 bits per heavy atom. The van der Waals surface area contributed by atoms with E-state index in [-0.39, 0.29) is 0 Å². The van der Waals surface area contributed by atoms with Gasteiger partial charge in [-0.2, -0.15) is 0 Å². The van der Waals surface area contributed by atoms with E-state index in [9.17, 15) is 0 Å². The van der Waals surface area contributed by atoms with E-state index in [0.29, 0.717) is 0 Å². The van der Waals surface area contributed by atoms with Gasteiger partial charge < -0.3 is 5.32 Å². The fraction of sp³-hybridized carbons (Fsp3) is 0.200. The van der Waals surface area contributed by atoms with Gasteiger partial charge in [-0.1, -0.05) is 54.1 Å². The molecule has 0 atom stereocenters. The van der Waals surface area contributed by atoms with E-state index in [1.165, 1.54) is 28.0 Å². The van der Waals surface area contributed by atoms with Crippen LogP contribution < -0.4 is 5.32 Å². The van der Waals surface area contributed by atoms with Crippen molar-refractivity contribution in [1.29, 1.82) is 0 Å². The first-order valence-electron chi connectivity index (χ1n) is 7.32. The molecule has 0 amide bonds. The Balaban J connectivity index is 2.37. The molecule has 2 rings (SSSR count). The molecule has 0 bridgehead atoms. The molecule has 0 aliphatic rings. The first kappa shape index (κ1) is 15.1. The number of nitrogens with one attached hydrogen (secondary N) is 1. The predicted octanol–water partition coefficient (Wildman–Crippen LogP) is 5.89. The number of hydrogen-bond donors (Lipinski definition) is 1. The summed E-state index contributed by atoms with van der Waals surface area (Å²) in [5.74, 6) is 0. The van der Waals surface area contributed by atoms with Gasteiger partial charge in [0.15, 0.2) is 0 Å². The summed E-state index contributed by atoms with van der Waals surface area (Å²) in [5.41, 5.74) is 7.50. The maximum absolute atomic E-state index is 3.49. The Morgan fingerprint density at radius 1 is 0.714 bits per heavy atom. The largest absolute Gasteiger partial charge is 0.359 e. The lowest BCUT2D eigenvalue weighted by atomic mass is 9.94. The van der Waals surface area contributed by atoms with Crippen LogP contribution in [0, 0.1) is 0 Å². The third-order valence-corrected chi connectivity index (χ3v) is 3.61. The average molecular weight is 277 g/mol. The molecule has 2 aromatic carbocycles. The maximum atomic E-state index is 3.49. The second-order valence-electron chi connectivity index (χ2n) is 5.48. The summed E-state index contributed by atoms with van der Waals surface area (Å²) in [6, 6.07) is 20.9. The third-order valence-electron chi connectivity index (χ3n) is 3.61. The molecular weight excluding hydrogens is 254 g/mol. The van der Waals surface area contributed by atoms with Crippen LogP contribution >= 0.6 is 0 Å². The predicted molar refractivity (Wildman–Crippen MR) is 93.1 cm³/mol. The monoisotopic (exact) mass is 277 g/mol. The van der Waals surface area contributed by atoms with Crippen LogP contribution in [0.5, 0.6) is 0 Å². The van der Waals surface area contributed by atoms with E-state index >= 15 is 0 Å². The van der Waals surface area contributed by atoms with Crippen molar-refractivity contribution in [2.75, 3.05) is 5.32 Å². The van der Waals surface area contributed by atoms with Crippen LogP contribution in [0.2, 0.25) is 0 Å². The molecule has 1 N–H and O–H groups in total. The Kier molecular flexibility index (Phi) is 4.99. The topological polar surface area (TPSA) is 12.0 Å². The molecule has 1 heteroatoms. The molecule has 0 saturated carbocycles. The van der Waals surface area contributed by atoms with Crippen molar-refractivity contribution in [3.8, 4) is 0 Å². The van der Waals surface area contributed by atoms with Crippen LogP contribution in [0.15, 0.2) is 77.5 Å². The van der Waals surface area contributed by atoms with Crippen molar-refractivity contribution in [3.05, 3.63) is 83.1 Å². The summed E-state index contributed by atoms with van der Waals surface area (Å²) in [4.78, 5) is 0. The minimum Gasteiger partial charge on any atom is -0.359 e. The lowest BCUT2D eigenvalue weighted by Gasteiger charge is -2.16. The molecule has 0 fully saturated rings.